The molecule has 0 radical (unpaired) electrons. The van der Waals surface area contributed by atoms with Crippen molar-refractivity contribution in [2.75, 3.05) is 0 Å². The standard InChI is InChI=1S/C3H2ClN3O3.2Na.2H/c4-7-2(9)5-1(8)6-3(7)10;;;;/h(H2,5,6,8,9,10);;;;/q;2*+1;2*-1. The van der Waals surface area contributed by atoms with Crippen molar-refractivity contribution in [3.63, 3.8) is 0 Å². The van der Waals surface area contributed by atoms with Gasteiger partial charge in [-0.15, -0.1) is 0 Å². The van der Waals surface area contributed by atoms with Crippen LogP contribution < -0.4 is 76.2 Å². The van der Waals surface area contributed by atoms with Gasteiger partial charge in [0.1, 0.15) is 0 Å². The normalized spacial score (nSPS) is 8.08. The van der Waals surface area contributed by atoms with Crippen molar-refractivity contribution < 1.29 is 62.0 Å². The first kappa shape index (κ1) is 15.2. The summed E-state index contributed by atoms with van der Waals surface area (Å²) in [5, 5.41) is 0. The topological polar surface area (TPSA) is 87.7 Å². The molecular weight excluding hydrogens is 207 g/mol. The average molecular weight is 212 g/mol. The Morgan fingerprint density at radius 1 is 1.08 bits per heavy atom. The quantitative estimate of drug-likeness (QED) is 0.418. The van der Waals surface area contributed by atoms with Gasteiger partial charge in [-0.25, -0.2) is 14.4 Å². The minimum Gasteiger partial charge on any atom is -1.00 e. The second-order valence-electron chi connectivity index (χ2n) is 1.47. The van der Waals surface area contributed by atoms with Crippen LogP contribution >= 0.6 is 11.8 Å². The fraction of sp³-hybridized carbons (Fsp3) is 0. The van der Waals surface area contributed by atoms with Crippen molar-refractivity contribution in [1.82, 2.24) is 14.1 Å². The Labute approximate surface area is 118 Å². The van der Waals surface area contributed by atoms with Crippen LogP contribution in [0.5, 0.6) is 0 Å². The van der Waals surface area contributed by atoms with Gasteiger partial charge >= 0.3 is 76.2 Å². The van der Waals surface area contributed by atoms with Gasteiger partial charge in [0.2, 0.25) is 0 Å². The Balaban J connectivity index is -0.000000125. The summed E-state index contributed by atoms with van der Waals surface area (Å²) >= 11 is 5.04. The van der Waals surface area contributed by atoms with E-state index in [4.69, 9.17) is 11.8 Å². The van der Waals surface area contributed by atoms with E-state index in [0.717, 1.165) is 0 Å². The summed E-state index contributed by atoms with van der Waals surface area (Å²) in [4.78, 5) is 34.6. The van der Waals surface area contributed by atoms with E-state index in [1.807, 2.05) is 0 Å². The predicted molar refractivity (Wildman–Crippen MR) is 35.4 cm³/mol. The smallest absolute Gasteiger partial charge is 1.00 e. The van der Waals surface area contributed by atoms with Gasteiger partial charge in [0.05, 0.1) is 0 Å². The number of aromatic amines is 2. The summed E-state index contributed by atoms with van der Waals surface area (Å²) < 4.78 is 0.238. The number of hydrogen-bond donors (Lipinski definition) is 2. The van der Waals surface area contributed by atoms with Crippen LogP contribution in [0.4, 0.5) is 0 Å². The first-order chi connectivity index (χ1) is 4.61. The molecule has 9 heteroatoms. The SMILES string of the molecule is O=c1[nH]c(=O)n(Cl)c(=O)[nH]1.[H-].[H-].[Na+].[Na+]. The zero-order valence-electron chi connectivity index (χ0n) is 8.55. The summed E-state index contributed by atoms with van der Waals surface area (Å²) in [6.07, 6.45) is 0. The zero-order valence-corrected chi connectivity index (χ0v) is 11.3. The number of nitrogens with zero attached hydrogens (tertiary/aromatic N) is 1. The summed E-state index contributed by atoms with van der Waals surface area (Å²) in [5.74, 6) is 0. The molecule has 0 aliphatic rings. The molecule has 0 bridgehead atoms. The van der Waals surface area contributed by atoms with Gasteiger partial charge in [0.25, 0.3) is 0 Å². The molecule has 58 valence electrons. The van der Waals surface area contributed by atoms with E-state index in [9.17, 15) is 14.4 Å². The fourth-order valence-corrected chi connectivity index (χ4v) is 0.500. The third kappa shape index (κ3) is 3.61. The third-order valence-corrected chi connectivity index (χ3v) is 1.10. The fourth-order valence-electron chi connectivity index (χ4n) is 0.416. The summed E-state index contributed by atoms with van der Waals surface area (Å²) in [7, 11) is 0. The van der Waals surface area contributed by atoms with E-state index < -0.39 is 17.1 Å². The van der Waals surface area contributed by atoms with E-state index in [-0.39, 0.29) is 66.1 Å². The van der Waals surface area contributed by atoms with Crippen LogP contribution in [0.1, 0.15) is 2.85 Å². The van der Waals surface area contributed by atoms with Gasteiger partial charge in [-0.2, -0.15) is 4.09 Å². The van der Waals surface area contributed by atoms with Crippen LogP contribution in [0, 0.1) is 0 Å². The van der Waals surface area contributed by atoms with E-state index >= 15 is 0 Å². The zero-order chi connectivity index (χ0) is 7.72. The van der Waals surface area contributed by atoms with Crippen molar-refractivity contribution in [2.45, 2.75) is 0 Å². The Bertz CT molecular complexity index is 380. The van der Waals surface area contributed by atoms with Gasteiger partial charge in [0, 0.05) is 11.8 Å². The third-order valence-electron chi connectivity index (χ3n) is 0.798. The molecule has 0 spiro atoms. The van der Waals surface area contributed by atoms with Gasteiger partial charge in [0.15, 0.2) is 0 Å². The monoisotopic (exact) mass is 211 g/mol. The number of rotatable bonds is 0. The molecule has 0 aliphatic carbocycles. The van der Waals surface area contributed by atoms with Crippen LogP contribution in [0.15, 0.2) is 14.4 Å². The maximum Gasteiger partial charge on any atom is 1.00 e. The first-order valence-electron chi connectivity index (χ1n) is 2.23. The van der Waals surface area contributed by atoms with Crippen LogP contribution in [-0.2, 0) is 0 Å². The van der Waals surface area contributed by atoms with E-state index in [0.29, 0.717) is 0 Å². The molecule has 6 nitrogen and oxygen atoms in total. The predicted octanol–water partition coefficient (Wildman–Crippen LogP) is -7.54. The molecule has 12 heavy (non-hydrogen) atoms. The van der Waals surface area contributed by atoms with Crippen LogP contribution in [0.2, 0.25) is 0 Å². The van der Waals surface area contributed by atoms with Gasteiger partial charge in [-0.3, -0.25) is 9.97 Å². The molecule has 1 aromatic heterocycles. The Morgan fingerprint density at radius 3 is 1.75 bits per heavy atom. The maximum absolute atomic E-state index is 10.4. The minimum absolute atomic E-state index is 0. The summed E-state index contributed by atoms with van der Waals surface area (Å²) in [5.41, 5.74) is -2.77. The molecule has 1 heterocycles. The number of nitrogens with one attached hydrogen (secondary N) is 2. The number of H-pyrrole nitrogens is 2. The molecule has 0 saturated carbocycles. The van der Waals surface area contributed by atoms with Crippen LogP contribution in [0.25, 0.3) is 0 Å². The van der Waals surface area contributed by atoms with Gasteiger partial charge in [-0.1, -0.05) is 0 Å². The summed E-state index contributed by atoms with van der Waals surface area (Å²) in [6, 6.07) is 0. The Morgan fingerprint density at radius 2 is 1.42 bits per heavy atom. The Kier molecular flexibility index (Phi) is 7.84. The molecule has 0 aliphatic heterocycles. The largest absolute Gasteiger partial charge is 1.00 e. The molecule has 0 saturated heterocycles. The molecule has 0 unspecified atom stereocenters. The van der Waals surface area contributed by atoms with E-state index in [1.165, 1.54) is 0 Å². The van der Waals surface area contributed by atoms with E-state index in [1.54, 1.807) is 9.97 Å². The van der Waals surface area contributed by atoms with Crippen LogP contribution in [0.3, 0.4) is 0 Å². The summed E-state index contributed by atoms with van der Waals surface area (Å²) in [6.45, 7) is 0. The number of halogens is 1. The number of aromatic nitrogens is 3. The molecule has 2 N–H and O–H groups in total. The molecule has 0 atom stereocenters. The second kappa shape index (κ2) is 6.20. The van der Waals surface area contributed by atoms with E-state index in [2.05, 4.69) is 0 Å². The van der Waals surface area contributed by atoms with Crippen molar-refractivity contribution >= 4 is 11.8 Å². The molecule has 1 rings (SSSR count). The second-order valence-corrected chi connectivity index (χ2v) is 1.81. The number of hydrogen-bond acceptors (Lipinski definition) is 3. The van der Waals surface area contributed by atoms with Gasteiger partial charge < -0.3 is 2.85 Å². The van der Waals surface area contributed by atoms with Crippen molar-refractivity contribution in [2.24, 2.45) is 0 Å². The molecule has 0 fully saturated rings. The average Bonchev–Trinajstić information content (AvgIpc) is 1.82. The van der Waals surface area contributed by atoms with Crippen molar-refractivity contribution in [3.05, 3.63) is 31.5 Å². The molecule has 1 aromatic rings. The molecule has 0 amide bonds. The van der Waals surface area contributed by atoms with Crippen molar-refractivity contribution in [3.8, 4) is 0 Å². The Hall–Kier alpha value is 0.700. The van der Waals surface area contributed by atoms with Gasteiger partial charge in [-0.05, 0) is 0 Å². The maximum atomic E-state index is 10.4. The van der Waals surface area contributed by atoms with Crippen molar-refractivity contribution in [1.29, 1.82) is 0 Å². The molecular formula is C3H4ClN3Na2O3. The van der Waals surface area contributed by atoms with Crippen LogP contribution in [-0.4, -0.2) is 14.1 Å². The molecule has 0 aromatic carbocycles. The minimum atomic E-state index is -0.949. The first-order valence-corrected chi connectivity index (χ1v) is 2.57.